The summed E-state index contributed by atoms with van der Waals surface area (Å²) in [6.45, 7) is 10.5. The van der Waals surface area contributed by atoms with E-state index in [0.717, 1.165) is 30.8 Å². The molecule has 0 bridgehead atoms. The largest absolute Gasteiger partial charge is 0.496 e. The predicted molar refractivity (Wildman–Crippen MR) is 84.3 cm³/mol. The molecule has 0 spiro atoms. The Morgan fingerprint density at radius 3 is 2.45 bits per heavy atom. The third kappa shape index (κ3) is 5.14. The summed E-state index contributed by atoms with van der Waals surface area (Å²) in [5, 5.41) is 3.45. The van der Waals surface area contributed by atoms with E-state index >= 15 is 0 Å². The number of hydrogen-bond donors (Lipinski definition) is 1. The third-order valence-electron chi connectivity index (χ3n) is 3.56. The van der Waals surface area contributed by atoms with Crippen LogP contribution < -0.4 is 10.1 Å². The first-order chi connectivity index (χ1) is 9.60. The Morgan fingerprint density at radius 1 is 1.15 bits per heavy atom. The zero-order chi connectivity index (χ0) is 15.0. The summed E-state index contributed by atoms with van der Waals surface area (Å²) in [7, 11) is 1.71. The first-order valence-corrected chi connectivity index (χ1v) is 7.59. The van der Waals surface area contributed by atoms with Crippen molar-refractivity contribution in [2.24, 2.45) is 5.92 Å². The van der Waals surface area contributed by atoms with Crippen LogP contribution in [0.15, 0.2) is 24.3 Å². The fraction of sp³-hybridized carbons (Fsp3) is 0.647. The highest BCUT2D eigenvalue weighted by Crippen LogP contribution is 2.29. The van der Waals surface area contributed by atoms with Crippen LogP contribution in [0.4, 0.5) is 0 Å². The number of ether oxygens (including phenoxy) is 2. The lowest BCUT2D eigenvalue weighted by atomic mass is 10.1. The van der Waals surface area contributed by atoms with Crippen molar-refractivity contribution in [3.8, 4) is 5.75 Å². The standard InChI is InChI=1S/C17H29NO2/c1-6-11-18-12-17(20-14(4)13(2)3)15-9-7-8-10-16(15)19-5/h7-10,13-14,17-18H,6,11-12H2,1-5H3. The summed E-state index contributed by atoms with van der Waals surface area (Å²) in [4.78, 5) is 0. The summed E-state index contributed by atoms with van der Waals surface area (Å²) in [6, 6.07) is 8.11. The molecule has 0 aliphatic rings. The minimum Gasteiger partial charge on any atom is -0.496 e. The van der Waals surface area contributed by atoms with Crippen molar-refractivity contribution in [1.29, 1.82) is 0 Å². The van der Waals surface area contributed by atoms with E-state index in [9.17, 15) is 0 Å². The zero-order valence-electron chi connectivity index (χ0n) is 13.5. The maximum absolute atomic E-state index is 6.24. The van der Waals surface area contributed by atoms with Gasteiger partial charge in [0.15, 0.2) is 0 Å². The van der Waals surface area contributed by atoms with Crippen molar-refractivity contribution in [3.63, 3.8) is 0 Å². The SMILES string of the molecule is CCCNCC(OC(C)C(C)C)c1ccccc1OC. The van der Waals surface area contributed by atoms with Gasteiger partial charge in [0, 0.05) is 12.1 Å². The molecule has 0 saturated heterocycles. The number of hydrogen-bond acceptors (Lipinski definition) is 3. The minimum absolute atomic E-state index is 0.0232. The molecule has 114 valence electrons. The monoisotopic (exact) mass is 279 g/mol. The molecule has 2 unspecified atom stereocenters. The number of methoxy groups -OCH3 is 1. The van der Waals surface area contributed by atoms with Gasteiger partial charge in [-0.3, -0.25) is 0 Å². The number of rotatable bonds is 9. The molecule has 1 aromatic carbocycles. The smallest absolute Gasteiger partial charge is 0.124 e. The number of benzene rings is 1. The molecule has 3 heteroatoms. The Hall–Kier alpha value is -1.06. The van der Waals surface area contributed by atoms with E-state index in [-0.39, 0.29) is 12.2 Å². The molecule has 0 radical (unpaired) electrons. The van der Waals surface area contributed by atoms with Crippen LogP contribution in [-0.2, 0) is 4.74 Å². The highest BCUT2D eigenvalue weighted by molar-refractivity contribution is 5.35. The zero-order valence-corrected chi connectivity index (χ0v) is 13.5. The molecule has 0 heterocycles. The number of nitrogens with one attached hydrogen (secondary N) is 1. The van der Waals surface area contributed by atoms with Crippen molar-refractivity contribution in [2.45, 2.75) is 46.3 Å². The van der Waals surface area contributed by atoms with Gasteiger partial charge in [-0.15, -0.1) is 0 Å². The third-order valence-corrected chi connectivity index (χ3v) is 3.56. The Kier molecular flexibility index (Phi) is 7.63. The Labute approximate surface area is 123 Å². The molecule has 0 aromatic heterocycles. The molecule has 1 N–H and O–H groups in total. The van der Waals surface area contributed by atoms with Gasteiger partial charge in [0.25, 0.3) is 0 Å². The molecule has 3 nitrogen and oxygen atoms in total. The van der Waals surface area contributed by atoms with E-state index < -0.39 is 0 Å². The predicted octanol–water partition coefficient (Wildman–Crippen LogP) is 3.80. The van der Waals surface area contributed by atoms with Crippen LogP contribution in [0.25, 0.3) is 0 Å². The average molecular weight is 279 g/mol. The van der Waals surface area contributed by atoms with Gasteiger partial charge < -0.3 is 14.8 Å². The molecule has 0 amide bonds. The Morgan fingerprint density at radius 2 is 1.85 bits per heavy atom. The van der Waals surface area contributed by atoms with Gasteiger partial charge in [0.2, 0.25) is 0 Å². The summed E-state index contributed by atoms with van der Waals surface area (Å²) in [5.41, 5.74) is 1.12. The molecule has 1 rings (SSSR count). The Balaban J connectivity index is 2.84. The molecule has 1 aromatic rings. The van der Waals surface area contributed by atoms with Crippen LogP contribution in [0.3, 0.4) is 0 Å². The van der Waals surface area contributed by atoms with Gasteiger partial charge >= 0.3 is 0 Å². The van der Waals surface area contributed by atoms with Gasteiger partial charge in [-0.2, -0.15) is 0 Å². The first-order valence-electron chi connectivity index (χ1n) is 7.59. The van der Waals surface area contributed by atoms with E-state index in [4.69, 9.17) is 9.47 Å². The van der Waals surface area contributed by atoms with Crippen molar-refractivity contribution < 1.29 is 9.47 Å². The van der Waals surface area contributed by atoms with Crippen molar-refractivity contribution in [1.82, 2.24) is 5.32 Å². The molecule has 0 fully saturated rings. The van der Waals surface area contributed by atoms with Crippen LogP contribution in [0.2, 0.25) is 0 Å². The van der Waals surface area contributed by atoms with E-state index in [1.807, 2.05) is 18.2 Å². The quantitative estimate of drug-likeness (QED) is 0.697. The topological polar surface area (TPSA) is 30.5 Å². The van der Waals surface area contributed by atoms with Crippen LogP contribution in [-0.4, -0.2) is 26.3 Å². The maximum atomic E-state index is 6.24. The van der Waals surface area contributed by atoms with Crippen LogP contribution in [0, 0.1) is 5.92 Å². The molecule has 0 saturated carbocycles. The second-order valence-electron chi connectivity index (χ2n) is 5.52. The molecule has 2 atom stereocenters. The Bertz CT molecular complexity index is 379. The summed E-state index contributed by atoms with van der Waals surface area (Å²) in [6.07, 6.45) is 1.36. The van der Waals surface area contributed by atoms with Gasteiger partial charge in [0.1, 0.15) is 5.75 Å². The fourth-order valence-electron chi connectivity index (χ4n) is 1.99. The van der Waals surface area contributed by atoms with Crippen molar-refractivity contribution in [2.75, 3.05) is 20.2 Å². The van der Waals surface area contributed by atoms with E-state index in [2.05, 4.69) is 39.1 Å². The molecule has 20 heavy (non-hydrogen) atoms. The summed E-state index contributed by atoms with van der Waals surface area (Å²) >= 11 is 0. The average Bonchev–Trinajstić information content (AvgIpc) is 2.46. The van der Waals surface area contributed by atoms with E-state index in [1.165, 1.54) is 0 Å². The van der Waals surface area contributed by atoms with E-state index in [1.54, 1.807) is 7.11 Å². The van der Waals surface area contributed by atoms with Crippen molar-refractivity contribution >= 4 is 0 Å². The summed E-state index contributed by atoms with van der Waals surface area (Å²) in [5.74, 6) is 1.39. The molecule has 0 aliphatic heterocycles. The highest BCUT2D eigenvalue weighted by atomic mass is 16.5. The normalized spacial score (nSPS) is 14.3. The maximum Gasteiger partial charge on any atom is 0.124 e. The highest BCUT2D eigenvalue weighted by Gasteiger charge is 2.20. The minimum atomic E-state index is 0.0232. The fourth-order valence-corrected chi connectivity index (χ4v) is 1.99. The lowest BCUT2D eigenvalue weighted by molar-refractivity contribution is -0.0267. The van der Waals surface area contributed by atoms with Crippen molar-refractivity contribution in [3.05, 3.63) is 29.8 Å². The molecule has 0 aliphatic carbocycles. The lowest BCUT2D eigenvalue weighted by Crippen LogP contribution is -2.28. The van der Waals surface area contributed by atoms with Gasteiger partial charge in [-0.05, 0) is 31.9 Å². The van der Waals surface area contributed by atoms with Gasteiger partial charge in [-0.1, -0.05) is 39.0 Å². The molecular formula is C17H29NO2. The van der Waals surface area contributed by atoms with Gasteiger partial charge in [-0.25, -0.2) is 0 Å². The van der Waals surface area contributed by atoms with Gasteiger partial charge in [0.05, 0.1) is 19.3 Å². The second-order valence-corrected chi connectivity index (χ2v) is 5.52. The number of para-hydroxylation sites is 1. The lowest BCUT2D eigenvalue weighted by Gasteiger charge is -2.26. The van der Waals surface area contributed by atoms with Crippen LogP contribution in [0.5, 0.6) is 5.75 Å². The van der Waals surface area contributed by atoms with Crippen LogP contribution >= 0.6 is 0 Å². The van der Waals surface area contributed by atoms with E-state index in [0.29, 0.717) is 5.92 Å². The van der Waals surface area contributed by atoms with Crippen LogP contribution in [0.1, 0.15) is 45.8 Å². The molecular weight excluding hydrogens is 250 g/mol. The second kappa shape index (κ2) is 8.98. The summed E-state index contributed by atoms with van der Waals surface area (Å²) < 4.78 is 11.7. The first kappa shape index (κ1) is 17.0.